The number of hydrogen-bond donors (Lipinski definition) is 2. The van der Waals surface area contributed by atoms with Crippen molar-refractivity contribution in [3.63, 3.8) is 0 Å². The minimum Gasteiger partial charge on any atom is -0.545 e. The van der Waals surface area contributed by atoms with Gasteiger partial charge in [-0.25, -0.2) is 17.5 Å². The molecular formula is C13H17FN2O5S. The van der Waals surface area contributed by atoms with Crippen molar-refractivity contribution in [3.05, 3.63) is 29.6 Å². The van der Waals surface area contributed by atoms with E-state index in [2.05, 4.69) is 4.72 Å². The number of carbonyl (C=O) groups excluding carboxylic acids is 1. The van der Waals surface area contributed by atoms with Crippen LogP contribution in [0, 0.1) is 5.82 Å². The Bertz CT molecular complexity index is 644. The van der Waals surface area contributed by atoms with Gasteiger partial charge in [-0.2, -0.15) is 0 Å². The van der Waals surface area contributed by atoms with E-state index in [1.54, 1.807) is 0 Å². The minimum atomic E-state index is -4.11. The molecule has 1 fully saturated rings. The number of morpholine rings is 1. The zero-order valence-electron chi connectivity index (χ0n) is 11.8. The minimum absolute atomic E-state index is 0.132. The Morgan fingerprint density at radius 1 is 1.36 bits per heavy atom. The number of ether oxygens (including phenoxy) is 1. The largest absolute Gasteiger partial charge is 0.545 e. The van der Waals surface area contributed by atoms with Crippen molar-refractivity contribution in [3.8, 4) is 0 Å². The van der Waals surface area contributed by atoms with Crippen LogP contribution in [0.5, 0.6) is 0 Å². The second kappa shape index (κ2) is 7.14. The number of rotatable bonds is 6. The number of carboxylic acid groups (broad SMARTS) is 1. The molecule has 0 atom stereocenters. The molecule has 1 saturated heterocycles. The van der Waals surface area contributed by atoms with Crippen molar-refractivity contribution in [2.24, 2.45) is 0 Å². The Morgan fingerprint density at radius 2 is 2.05 bits per heavy atom. The molecule has 0 aliphatic carbocycles. The normalized spacial score (nSPS) is 16.6. The van der Waals surface area contributed by atoms with Crippen LogP contribution in [-0.4, -0.2) is 53.8 Å². The summed E-state index contributed by atoms with van der Waals surface area (Å²) < 4.78 is 45.3. The lowest BCUT2D eigenvalue weighted by Crippen LogP contribution is -3.14. The zero-order chi connectivity index (χ0) is 16.2. The van der Waals surface area contributed by atoms with E-state index < -0.39 is 26.7 Å². The number of carboxylic acids is 1. The Labute approximate surface area is 127 Å². The van der Waals surface area contributed by atoms with E-state index in [1.165, 1.54) is 4.90 Å². The van der Waals surface area contributed by atoms with Crippen molar-refractivity contribution in [2.45, 2.75) is 4.90 Å². The van der Waals surface area contributed by atoms with E-state index in [9.17, 15) is 22.7 Å². The summed E-state index contributed by atoms with van der Waals surface area (Å²) >= 11 is 0. The van der Waals surface area contributed by atoms with Crippen LogP contribution in [0.2, 0.25) is 0 Å². The molecule has 1 aliphatic rings. The fourth-order valence-electron chi connectivity index (χ4n) is 2.19. The predicted octanol–water partition coefficient (Wildman–Crippen LogP) is -2.62. The van der Waals surface area contributed by atoms with E-state index in [0.29, 0.717) is 19.8 Å². The molecule has 1 heterocycles. The Hall–Kier alpha value is -1.55. The topological polar surface area (TPSA) is 100.0 Å². The molecule has 22 heavy (non-hydrogen) atoms. The summed E-state index contributed by atoms with van der Waals surface area (Å²) in [6, 6.07) is 2.52. The van der Waals surface area contributed by atoms with Gasteiger partial charge in [0.15, 0.2) is 0 Å². The van der Waals surface area contributed by atoms with E-state index >= 15 is 0 Å². The first-order chi connectivity index (χ1) is 10.4. The molecule has 7 nitrogen and oxygen atoms in total. The highest BCUT2D eigenvalue weighted by atomic mass is 32.2. The molecule has 0 aromatic heterocycles. The quantitative estimate of drug-likeness (QED) is 0.594. The van der Waals surface area contributed by atoms with Gasteiger partial charge in [0.25, 0.3) is 0 Å². The lowest BCUT2D eigenvalue weighted by molar-refractivity contribution is -0.906. The summed E-state index contributed by atoms with van der Waals surface area (Å²) in [6.45, 7) is 3.51. The smallest absolute Gasteiger partial charge is 0.243 e. The third-order valence-electron chi connectivity index (χ3n) is 3.43. The highest BCUT2D eigenvalue weighted by Gasteiger charge is 2.21. The number of carbonyl (C=O) groups is 1. The maximum Gasteiger partial charge on any atom is 0.243 e. The summed E-state index contributed by atoms with van der Waals surface area (Å²) in [4.78, 5) is 11.3. The number of sulfonamides is 1. The molecule has 1 aromatic carbocycles. The molecule has 1 aromatic rings. The summed E-state index contributed by atoms with van der Waals surface area (Å²) in [6.07, 6.45) is 0. The number of hydrogen-bond acceptors (Lipinski definition) is 5. The average Bonchev–Trinajstić information content (AvgIpc) is 2.48. The predicted molar refractivity (Wildman–Crippen MR) is 72.3 cm³/mol. The second-order valence-electron chi connectivity index (χ2n) is 4.94. The lowest BCUT2D eigenvalue weighted by Gasteiger charge is -2.23. The van der Waals surface area contributed by atoms with Gasteiger partial charge in [0.2, 0.25) is 10.0 Å². The van der Waals surface area contributed by atoms with Gasteiger partial charge in [-0.15, -0.1) is 0 Å². The van der Waals surface area contributed by atoms with Crippen molar-refractivity contribution in [1.29, 1.82) is 0 Å². The third-order valence-corrected chi connectivity index (χ3v) is 4.90. The zero-order valence-corrected chi connectivity index (χ0v) is 12.6. The molecule has 0 saturated carbocycles. The van der Waals surface area contributed by atoms with Gasteiger partial charge in [0.05, 0.1) is 32.3 Å². The number of quaternary nitrogens is 1. The van der Waals surface area contributed by atoms with E-state index in [-0.39, 0.29) is 12.1 Å². The molecule has 2 rings (SSSR count). The maximum absolute atomic E-state index is 13.7. The van der Waals surface area contributed by atoms with Crippen molar-refractivity contribution in [1.82, 2.24) is 4.72 Å². The van der Waals surface area contributed by atoms with Crippen molar-refractivity contribution in [2.75, 3.05) is 39.4 Å². The van der Waals surface area contributed by atoms with Crippen LogP contribution in [0.3, 0.4) is 0 Å². The molecule has 0 unspecified atom stereocenters. The number of halogens is 1. The maximum atomic E-state index is 13.7. The van der Waals surface area contributed by atoms with Gasteiger partial charge in [0.1, 0.15) is 23.8 Å². The number of aromatic carboxylic acids is 1. The molecule has 122 valence electrons. The van der Waals surface area contributed by atoms with Crippen LogP contribution < -0.4 is 14.7 Å². The standard InChI is InChI=1S/C13H17FN2O5S/c14-11-2-1-10(13(17)18)9-12(11)22(19,20)15-3-4-16-5-7-21-8-6-16/h1-2,9,15H,3-8H2,(H,17,18). The van der Waals surface area contributed by atoms with Crippen LogP contribution in [0.15, 0.2) is 23.1 Å². The molecule has 0 amide bonds. The fourth-order valence-corrected chi connectivity index (χ4v) is 3.32. The molecule has 2 N–H and O–H groups in total. The fraction of sp³-hybridized carbons (Fsp3) is 0.462. The van der Waals surface area contributed by atoms with E-state index in [0.717, 1.165) is 31.3 Å². The van der Waals surface area contributed by atoms with Crippen LogP contribution in [0.4, 0.5) is 4.39 Å². The highest BCUT2D eigenvalue weighted by molar-refractivity contribution is 7.89. The SMILES string of the molecule is O=C([O-])c1ccc(F)c(S(=O)(=O)NCC[NH+]2CCOCC2)c1. The Kier molecular flexibility index (Phi) is 5.46. The van der Waals surface area contributed by atoms with Crippen LogP contribution in [0.1, 0.15) is 10.4 Å². The summed E-state index contributed by atoms with van der Waals surface area (Å²) in [5, 5.41) is 10.7. The number of benzene rings is 1. The van der Waals surface area contributed by atoms with Gasteiger partial charge in [-0.1, -0.05) is 6.07 Å². The Balaban J connectivity index is 2.03. The Morgan fingerprint density at radius 3 is 2.68 bits per heavy atom. The molecule has 0 bridgehead atoms. The average molecular weight is 332 g/mol. The first kappa shape index (κ1) is 16.8. The summed E-state index contributed by atoms with van der Waals surface area (Å²) in [7, 11) is -4.11. The van der Waals surface area contributed by atoms with E-state index in [4.69, 9.17) is 4.74 Å². The number of nitrogens with one attached hydrogen (secondary N) is 2. The van der Waals surface area contributed by atoms with Crippen LogP contribution in [-0.2, 0) is 14.8 Å². The van der Waals surface area contributed by atoms with Crippen LogP contribution in [0.25, 0.3) is 0 Å². The summed E-state index contributed by atoms with van der Waals surface area (Å²) in [5.74, 6) is -2.56. The van der Waals surface area contributed by atoms with Gasteiger partial charge in [-0.05, 0) is 17.7 Å². The van der Waals surface area contributed by atoms with Crippen LogP contribution >= 0.6 is 0 Å². The third kappa shape index (κ3) is 4.23. The van der Waals surface area contributed by atoms with Gasteiger partial charge >= 0.3 is 0 Å². The van der Waals surface area contributed by atoms with Gasteiger partial charge < -0.3 is 19.5 Å². The molecular weight excluding hydrogens is 315 g/mol. The molecule has 9 heteroatoms. The van der Waals surface area contributed by atoms with Crippen molar-refractivity contribution < 1.29 is 32.3 Å². The lowest BCUT2D eigenvalue weighted by atomic mass is 10.2. The molecule has 0 spiro atoms. The molecule has 0 radical (unpaired) electrons. The van der Waals surface area contributed by atoms with Gasteiger partial charge in [0, 0.05) is 0 Å². The highest BCUT2D eigenvalue weighted by Crippen LogP contribution is 2.15. The first-order valence-electron chi connectivity index (χ1n) is 6.82. The monoisotopic (exact) mass is 332 g/mol. The summed E-state index contributed by atoms with van der Waals surface area (Å²) in [5.41, 5.74) is -0.388. The van der Waals surface area contributed by atoms with Crippen molar-refractivity contribution >= 4 is 16.0 Å². The first-order valence-corrected chi connectivity index (χ1v) is 8.30. The molecule has 1 aliphatic heterocycles. The second-order valence-corrected chi connectivity index (χ2v) is 6.68. The van der Waals surface area contributed by atoms with E-state index in [1.807, 2.05) is 0 Å². The van der Waals surface area contributed by atoms with Gasteiger partial charge in [-0.3, -0.25) is 0 Å².